The first-order chi connectivity index (χ1) is 19.8. The van der Waals surface area contributed by atoms with E-state index in [1.807, 2.05) is 20.8 Å². The van der Waals surface area contributed by atoms with Gasteiger partial charge in [0.1, 0.15) is 18.0 Å². The lowest BCUT2D eigenvalue weighted by Gasteiger charge is -2.32. The molecule has 0 bridgehead atoms. The van der Waals surface area contributed by atoms with Gasteiger partial charge in [-0.3, -0.25) is 15.1 Å². The summed E-state index contributed by atoms with van der Waals surface area (Å²) in [6.07, 6.45) is 4.59. The number of nitrogens with one attached hydrogen (secondary N) is 3. The summed E-state index contributed by atoms with van der Waals surface area (Å²) in [6.45, 7) is 14.1. The largest absolute Gasteiger partial charge is 0.458 e. The van der Waals surface area contributed by atoms with E-state index in [2.05, 4.69) is 40.8 Å². The third-order valence-corrected chi connectivity index (χ3v) is 6.68. The van der Waals surface area contributed by atoms with Crippen LogP contribution in [0.5, 0.6) is 0 Å². The number of aliphatic imine (C=N–C) groups is 1. The summed E-state index contributed by atoms with van der Waals surface area (Å²) in [5.41, 5.74) is 0.105. The monoisotopic (exact) mass is 585 g/mol. The molecule has 2 aliphatic rings. The maximum atomic E-state index is 13.1. The number of esters is 1. The summed E-state index contributed by atoms with van der Waals surface area (Å²) < 4.78 is 12.6. The molecule has 0 spiro atoms. The fraction of sp³-hybridized carbons (Fsp3) is 0.679. The predicted octanol–water partition coefficient (Wildman–Crippen LogP) is 1.99. The Labute approximate surface area is 246 Å². The molecule has 42 heavy (non-hydrogen) atoms. The molecule has 4 rings (SSSR count). The maximum Gasteiger partial charge on any atom is 0.407 e. The Morgan fingerprint density at radius 1 is 1.10 bits per heavy atom. The zero-order valence-electron chi connectivity index (χ0n) is 25.4. The third-order valence-electron chi connectivity index (χ3n) is 6.68. The Hall–Kier alpha value is -3.97. The van der Waals surface area contributed by atoms with Crippen molar-refractivity contribution in [2.24, 2.45) is 16.3 Å². The molecular weight excluding hydrogens is 542 g/mol. The van der Waals surface area contributed by atoms with E-state index in [1.165, 1.54) is 6.33 Å². The first-order valence-corrected chi connectivity index (χ1v) is 14.5. The van der Waals surface area contributed by atoms with Crippen LogP contribution in [-0.2, 0) is 25.6 Å². The van der Waals surface area contributed by atoms with Crippen LogP contribution in [0.2, 0.25) is 0 Å². The molecule has 0 aliphatic carbocycles. The van der Waals surface area contributed by atoms with Gasteiger partial charge in [0, 0.05) is 32.1 Å². The van der Waals surface area contributed by atoms with Gasteiger partial charge in [-0.15, -0.1) is 0 Å². The van der Waals surface area contributed by atoms with Gasteiger partial charge in [0.2, 0.25) is 5.91 Å². The smallest absolute Gasteiger partial charge is 0.407 e. The molecule has 1 fully saturated rings. The first kappa shape index (κ1) is 31.0. The number of carbonyl (C=O) groups excluding carboxylic acids is 3. The molecule has 0 unspecified atom stereocenters. The van der Waals surface area contributed by atoms with Crippen LogP contribution in [-0.4, -0.2) is 87.9 Å². The predicted molar refractivity (Wildman–Crippen MR) is 157 cm³/mol. The summed E-state index contributed by atoms with van der Waals surface area (Å²) in [4.78, 5) is 58.3. The number of piperidine rings is 1. The number of guanidine groups is 1. The lowest BCUT2D eigenvalue weighted by Crippen LogP contribution is -2.48. The van der Waals surface area contributed by atoms with Crippen LogP contribution in [0, 0.1) is 11.3 Å². The molecular formula is C28H43N9O5. The fourth-order valence-corrected chi connectivity index (χ4v) is 4.64. The summed E-state index contributed by atoms with van der Waals surface area (Å²) in [6, 6.07) is -1.04. The molecule has 230 valence electrons. The van der Waals surface area contributed by atoms with Crippen molar-refractivity contribution in [2.45, 2.75) is 79.0 Å². The highest BCUT2D eigenvalue weighted by molar-refractivity contribution is 5.98. The maximum absolute atomic E-state index is 13.1. The van der Waals surface area contributed by atoms with Gasteiger partial charge in [0.25, 0.3) is 0 Å². The number of ether oxygens (including phenoxy) is 2. The Morgan fingerprint density at radius 2 is 1.83 bits per heavy atom. The standard InChI is InChI=1S/C28H43N9O5/c1-27(2,3)15-41-26(40)34-19(24(39)42-28(4,5)6)14-37-17-33-20-21(31-16-32-22(20)37)36-12-8-18(9-13-36)23(38)35-25-29-10-7-11-30-25/h16-19H,7-15H2,1-6H3,(H,34,40)(H2,29,30,35,38)/t19-/m0/s1. The zero-order chi connectivity index (χ0) is 30.5. The number of anilines is 1. The van der Waals surface area contributed by atoms with Crippen molar-refractivity contribution in [1.82, 2.24) is 35.5 Å². The minimum atomic E-state index is -1.04. The van der Waals surface area contributed by atoms with Gasteiger partial charge in [-0.05, 0) is 45.4 Å². The van der Waals surface area contributed by atoms with Gasteiger partial charge < -0.3 is 29.6 Å². The number of aromatic nitrogens is 4. The van der Waals surface area contributed by atoms with Gasteiger partial charge in [-0.1, -0.05) is 20.8 Å². The number of imidazole rings is 1. The SMILES string of the molecule is CC(C)(C)COC(=O)N[C@@H](Cn1cnc2c(N3CCC(C(=O)NC4=NCCCN4)CC3)ncnc21)C(=O)OC(C)(C)C. The topological polar surface area (TPSA) is 165 Å². The van der Waals surface area contributed by atoms with Crippen LogP contribution < -0.4 is 20.9 Å². The molecule has 14 nitrogen and oxygen atoms in total. The van der Waals surface area contributed by atoms with Gasteiger partial charge in [-0.25, -0.2) is 24.5 Å². The molecule has 1 saturated heterocycles. The van der Waals surface area contributed by atoms with Crippen molar-refractivity contribution < 1.29 is 23.9 Å². The normalized spacial score (nSPS) is 17.2. The van der Waals surface area contributed by atoms with E-state index in [9.17, 15) is 14.4 Å². The van der Waals surface area contributed by atoms with E-state index >= 15 is 0 Å². The van der Waals surface area contributed by atoms with E-state index in [0.717, 1.165) is 13.0 Å². The minimum Gasteiger partial charge on any atom is -0.458 e. The van der Waals surface area contributed by atoms with E-state index < -0.39 is 23.7 Å². The number of amides is 2. The molecule has 0 aromatic carbocycles. The van der Waals surface area contributed by atoms with E-state index in [0.29, 0.717) is 55.4 Å². The average Bonchev–Trinajstić information content (AvgIpc) is 3.34. The number of carbonyl (C=O) groups is 3. The molecule has 0 radical (unpaired) electrons. The van der Waals surface area contributed by atoms with Crippen LogP contribution in [0.4, 0.5) is 10.6 Å². The van der Waals surface area contributed by atoms with Crippen molar-refractivity contribution in [3.63, 3.8) is 0 Å². The van der Waals surface area contributed by atoms with Crippen molar-refractivity contribution >= 4 is 40.9 Å². The molecule has 4 heterocycles. The van der Waals surface area contributed by atoms with Crippen LogP contribution in [0.1, 0.15) is 60.8 Å². The van der Waals surface area contributed by atoms with Crippen molar-refractivity contribution in [3.8, 4) is 0 Å². The summed E-state index contributed by atoms with van der Waals surface area (Å²) in [5, 5.41) is 8.68. The van der Waals surface area contributed by atoms with Crippen molar-refractivity contribution in [1.29, 1.82) is 0 Å². The van der Waals surface area contributed by atoms with E-state index in [4.69, 9.17) is 9.47 Å². The molecule has 2 aromatic heterocycles. The highest BCUT2D eigenvalue weighted by atomic mass is 16.6. The Kier molecular flexibility index (Phi) is 9.52. The minimum absolute atomic E-state index is 0.0263. The van der Waals surface area contributed by atoms with Crippen LogP contribution in [0.3, 0.4) is 0 Å². The molecule has 2 aromatic rings. The lowest BCUT2D eigenvalue weighted by atomic mass is 9.96. The molecule has 14 heteroatoms. The van der Waals surface area contributed by atoms with E-state index in [-0.39, 0.29) is 30.4 Å². The number of hydrogen-bond donors (Lipinski definition) is 3. The number of nitrogens with zero attached hydrogens (tertiary/aromatic N) is 6. The Balaban J connectivity index is 1.45. The van der Waals surface area contributed by atoms with Crippen molar-refractivity contribution in [2.75, 3.05) is 37.7 Å². The second-order valence-electron chi connectivity index (χ2n) is 12.9. The lowest BCUT2D eigenvalue weighted by molar-refractivity contribution is -0.157. The Morgan fingerprint density at radius 3 is 2.48 bits per heavy atom. The van der Waals surface area contributed by atoms with Gasteiger partial charge >= 0.3 is 12.1 Å². The molecule has 1 atom stereocenters. The highest BCUT2D eigenvalue weighted by Crippen LogP contribution is 2.27. The third kappa shape index (κ3) is 8.52. The second-order valence-corrected chi connectivity index (χ2v) is 12.9. The van der Waals surface area contributed by atoms with Crippen LogP contribution in [0.15, 0.2) is 17.6 Å². The number of rotatable bonds is 7. The van der Waals surface area contributed by atoms with Crippen LogP contribution in [0.25, 0.3) is 11.2 Å². The number of alkyl carbamates (subject to hydrolysis) is 1. The van der Waals surface area contributed by atoms with Gasteiger partial charge in [0.15, 0.2) is 22.9 Å². The Bertz CT molecular complexity index is 1300. The first-order valence-electron chi connectivity index (χ1n) is 14.5. The second kappa shape index (κ2) is 12.9. The highest BCUT2D eigenvalue weighted by Gasteiger charge is 2.31. The van der Waals surface area contributed by atoms with Gasteiger partial charge in [0.05, 0.1) is 19.5 Å². The number of hydrogen-bond acceptors (Lipinski definition) is 11. The quantitative estimate of drug-likeness (QED) is 0.409. The average molecular weight is 586 g/mol. The molecule has 2 amide bonds. The number of fused-ring (bicyclic) bond motifs is 1. The summed E-state index contributed by atoms with van der Waals surface area (Å²) in [5.74, 6) is 0.463. The van der Waals surface area contributed by atoms with Crippen LogP contribution >= 0.6 is 0 Å². The fourth-order valence-electron chi connectivity index (χ4n) is 4.64. The molecule has 0 saturated carbocycles. The van der Waals surface area contributed by atoms with Crippen molar-refractivity contribution in [3.05, 3.63) is 12.7 Å². The van der Waals surface area contributed by atoms with E-state index in [1.54, 1.807) is 31.7 Å². The van der Waals surface area contributed by atoms with Gasteiger partial charge in [-0.2, -0.15) is 0 Å². The zero-order valence-corrected chi connectivity index (χ0v) is 25.4. The summed E-state index contributed by atoms with van der Waals surface area (Å²) >= 11 is 0. The molecule has 3 N–H and O–H groups in total. The molecule has 2 aliphatic heterocycles. The summed E-state index contributed by atoms with van der Waals surface area (Å²) in [7, 11) is 0.